The fourth-order valence-electron chi connectivity index (χ4n) is 2.16. The Morgan fingerprint density at radius 2 is 1.61 bits per heavy atom. The van der Waals surface area contributed by atoms with E-state index in [0.29, 0.717) is 5.69 Å². The average Bonchev–Trinajstić information content (AvgIpc) is 2.47. The fourth-order valence-corrected chi connectivity index (χ4v) is 3.07. The Morgan fingerprint density at radius 3 is 2.22 bits per heavy atom. The van der Waals surface area contributed by atoms with Gasteiger partial charge in [-0.05, 0) is 36.6 Å². The van der Waals surface area contributed by atoms with E-state index in [4.69, 9.17) is 0 Å². The second-order valence-corrected chi connectivity index (χ2v) is 7.30. The Bertz CT molecular complexity index is 797. The molecule has 2 N–H and O–H groups in total. The van der Waals surface area contributed by atoms with Gasteiger partial charge >= 0.3 is 6.03 Å². The number of para-hydroxylation sites is 1. The molecule has 0 fully saturated rings. The number of hydrogen-bond donors (Lipinski definition) is 2. The highest BCUT2D eigenvalue weighted by molar-refractivity contribution is 7.90. The van der Waals surface area contributed by atoms with Crippen LogP contribution in [0, 0.1) is 6.92 Å². The van der Waals surface area contributed by atoms with Crippen molar-refractivity contribution >= 4 is 21.7 Å². The van der Waals surface area contributed by atoms with Crippen molar-refractivity contribution in [1.82, 2.24) is 4.72 Å². The molecule has 5 nitrogen and oxygen atoms in total. The van der Waals surface area contributed by atoms with Gasteiger partial charge in [-0.25, -0.2) is 17.9 Å². The lowest BCUT2D eigenvalue weighted by atomic mass is 10.0. The van der Waals surface area contributed by atoms with Crippen LogP contribution in [0.3, 0.4) is 0 Å². The molecule has 0 aliphatic heterocycles. The molecule has 2 aromatic carbocycles. The third kappa shape index (κ3) is 4.32. The number of carbonyl (C=O) groups excluding carboxylic acids is 1. The topological polar surface area (TPSA) is 75.3 Å². The molecular formula is C17H20N2O3S. The van der Waals surface area contributed by atoms with Gasteiger partial charge in [0.25, 0.3) is 10.0 Å². The van der Waals surface area contributed by atoms with Gasteiger partial charge in [-0.15, -0.1) is 0 Å². The van der Waals surface area contributed by atoms with Crippen LogP contribution in [0.15, 0.2) is 53.4 Å². The summed E-state index contributed by atoms with van der Waals surface area (Å²) < 4.78 is 26.4. The second kappa shape index (κ2) is 6.83. The van der Waals surface area contributed by atoms with Gasteiger partial charge in [0.05, 0.1) is 4.90 Å². The first-order valence-electron chi connectivity index (χ1n) is 7.29. The minimum Gasteiger partial charge on any atom is -0.307 e. The number of carbonyl (C=O) groups is 1. The van der Waals surface area contributed by atoms with Gasteiger partial charge in [0, 0.05) is 5.69 Å². The average molecular weight is 332 g/mol. The molecule has 2 aromatic rings. The third-order valence-electron chi connectivity index (χ3n) is 3.39. The van der Waals surface area contributed by atoms with E-state index in [-0.39, 0.29) is 10.8 Å². The van der Waals surface area contributed by atoms with Crippen LogP contribution >= 0.6 is 0 Å². The number of sulfonamides is 1. The molecule has 0 spiro atoms. The summed E-state index contributed by atoms with van der Waals surface area (Å²) in [5.74, 6) is 0.209. The molecule has 0 aliphatic rings. The van der Waals surface area contributed by atoms with E-state index in [1.54, 1.807) is 24.3 Å². The lowest BCUT2D eigenvalue weighted by molar-refractivity contribution is 0.256. The quantitative estimate of drug-likeness (QED) is 0.898. The van der Waals surface area contributed by atoms with E-state index in [0.717, 1.165) is 11.1 Å². The molecule has 0 bridgehead atoms. The highest BCUT2D eigenvalue weighted by Crippen LogP contribution is 2.23. The summed E-state index contributed by atoms with van der Waals surface area (Å²) in [6.07, 6.45) is 0. The molecule has 0 saturated heterocycles. The molecule has 6 heteroatoms. The molecule has 0 aromatic heterocycles. The predicted molar refractivity (Wildman–Crippen MR) is 91.1 cm³/mol. The van der Waals surface area contributed by atoms with E-state index in [1.807, 2.05) is 37.6 Å². The molecule has 122 valence electrons. The van der Waals surface area contributed by atoms with Crippen molar-refractivity contribution in [2.45, 2.75) is 31.6 Å². The number of benzene rings is 2. The van der Waals surface area contributed by atoms with Gasteiger partial charge < -0.3 is 5.32 Å². The molecule has 23 heavy (non-hydrogen) atoms. The van der Waals surface area contributed by atoms with Crippen molar-refractivity contribution in [3.05, 3.63) is 59.7 Å². The van der Waals surface area contributed by atoms with Gasteiger partial charge in [-0.1, -0.05) is 49.7 Å². The lowest BCUT2D eigenvalue weighted by Crippen LogP contribution is -2.34. The largest absolute Gasteiger partial charge is 0.333 e. The smallest absolute Gasteiger partial charge is 0.307 e. The third-order valence-corrected chi connectivity index (χ3v) is 4.74. The first-order valence-corrected chi connectivity index (χ1v) is 8.77. The monoisotopic (exact) mass is 332 g/mol. The molecule has 0 saturated carbocycles. The zero-order chi connectivity index (χ0) is 17.0. The number of nitrogens with one attached hydrogen (secondary N) is 2. The highest BCUT2D eigenvalue weighted by atomic mass is 32.2. The molecule has 0 aliphatic carbocycles. The number of aryl methyl sites for hydroxylation is 1. The highest BCUT2D eigenvalue weighted by Gasteiger charge is 2.18. The molecule has 0 heterocycles. The van der Waals surface area contributed by atoms with Crippen LogP contribution in [-0.4, -0.2) is 14.4 Å². The predicted octanol–water partition coefficient (Wildman–Crippen LogP) is 3.63. The molecule has 0 atom stereocenters. The van der Waals surface area contributed by atoms with Crippen molar-refractivity contribution in [3.63, 3.8) is 0 Å². The first kappa shape index (κ1) is 17.0. The maximum Gasteiger partial charge on any atom is 0.333 e. The van der Waals surface area contributed by atoms with Crippen molar-refractivity contribution in [2.75, 3.05) is 5.32 Å². The fraction of sp³-hybridized carbons (Fsp3) is 0.235. The van der Waals surface area contributed by atoms with E-state index in [2.05, 4.69) is 5.32 Å². The van der Waals surface area contributed by atoms with E-state index >= 15 is 0 Å². The Hall–Kier alpha value is -2.34. The van der Waals surface area contributed by atoms with Crippen molar-refractivity contribution in [2.24, 2.45) is 0 Å². The molecule has 2 rings (SSSR count). The van der Waals surface area contributed by atoms with Gasteiger partial charge in [-0.2, -0.15) is 0 Å². The van der Waals surface area contributed by atoms with Crippen molar-refractivity contribution in [3.8, 4) is 0 Å². The first-order chi connectivity index (χ1) is 10.8. The van der Waals surface area contributed by atoms with E-state index < -0.39 is 16.1 Å². The van der Waals surface area contributed by atoms with E-state index in [1.165, 1.54) is 12.1 Å². The van der Waals surface area contributed by atoms with Gasteiger partial charge in [0.15, 0.2) is 0 Å². The normalized spacial score (nSPS) is 11.3. The molecule has 0 radical (unpaired) electrons. The molecule has 0 unspecified atom stereocenters. The van der Waals surface area contributed by atoms with Crippen LogP contribution in [0.5, 0.6) is 0 Å². The maximum absolute atomic E-state index is 12.2. The summed E-state index contributed by atoms with van der Waals surface area (Å²) >= 11 is 0. The van der Waals surface area contributed by atoms with Gasteiger partial charge in [0.2, 0.25) is 0 Å². The number of amides is 2. The summed E-state index contributed by atoms with van der Waals surface area (Å²) in [5.41, 5.74) is 2.48. The van der Waals surface area contributed by atoms with Crippen LogP contribution in [-0.2, 0) is 10.0 Å². The Morgan fingerprint density at radius 1 is 1.00 bits per heavy atom. The van der Waals surface area contributed by atoms with Crippen LogP contribution in [0.1, 0.15) is 30.9 Å². The van der Waals surface area contributed by atoms with Crippen LogP contribution < -0.4 is 10.0 Å². The zero-order valence-electron chi connectivity index (χ0n) is 13.3. The van der Waals surface area contributed by atoms with Crippen LogP contribution in [0.4, 0.5) is 10.5 Å². The minimum absolute atomic E-state index is 0.0513. The lowest BCUT2D eigenvalue weighted by Gasteiger charge is -2.14. The summed E-state index contributed by atoms with van der Waals surface area (Å²) in [7, 11) is -3.89. The SMILES string of the molecule is Cc1ccc(S(=O)(=O)NC(=O)Nc2ccccc2C(C)C)cc1. The summed E-state index contributed by atoms with van der Waals surface area (Å²) in [4.78, 5) is 12.1. The molecule has 2 amide bonds. The molecular weight excluding hydrogens is 312 g/mol. The Labute approximate surface area is 136 Å². The van der Waals surface area contributed by atoms with Crippen molar-refractivity contribution < 1.29 is 13.2 Å². The summed E-state index contributed by atoms with van der Waals surface area (Å²) in [5, 5.41) is 2.60. The number of hydrogen-bond acceptors (Lipinski definition) is 3. The van der Waals surface area contributed by atoms with Crippen LogP contribution in [0.25, 0.3) is 0 Å². The summed E-state index contributed by atoms with van der Waals surface area (Å²) in [6.45, 7) is 5.86. The number of rotatable bonds is 4. The van der Waals surface area contributed by atoms with Crippen molar-refractivity contribution in [1.29, 1.82) is 0 Å². The van der Waals surface area contributed by atoms with Gasteiger partial charge in [-0.3, -0.25) is 0 Å². The number of urea groups is 1. The standard InChI is InChI=1S/C17H20N2O3S/c1-12(2)15-6-4-5-7-16(15)18-17(20)19-23(21,22)14-10-8-13(3)9-11-14/h4-12H,1-3H3,(H2,18,19,20). The summed E-state index contributed by atoms with van der Waals surface area (Å²) in [6, 6.07) is 12.8. The Balaban J connectivity index is 2.15. The zero-order valence-corrected chi connectivity index (χ0v) is 14.1. The van der Waals surface area contributed by atoms with Crippen LogP contribution in [0.2, 0.25) is 0 Å². The Kier molecular flexibility index (Phi) is 5.05. The van der Waals surface area contributed by atoms with Gasteiger partial charge in [0.1, 0.15) is 0 Å². The number of anilines is 1. The van der Waals surface area contributed by atoms with E-state index in [9.17, 15) is 13.2 Å². The minimum atomic E-state index is -3.89. The second-order valence-electron chi connectivity index (χ2n) is 5.61. The maximum atomic E-state index is 12.2.